The highest BCUT2D eigenvalue weighted by Crippen LogP contribution is 2.33. The van der Waals surface area contributed by atoms with E-state index < -0.39 is 0 Å². The molecule has 1 heterocycles. The quantitative estimate of drug-likeness (QED) is 0.821. The lowest BCUT2D eigenvalue weighted by atomic mass is 9.80. The van der Waals surface area contributed by atoms with Gasteiger partial charge in [-0.25, -0.2) is 0 Å². The zero-order valence-electron chi connectivity index (χ0n) is 13.8. The van der Waals surface area contributed by atoms with Crippen molar-refractivity contribution in [2.45, 2.75) is 51.2 Å². The maximum atomic E-state index is 9.55. The monoisotopic (exact) mass is 302 g/mol. The molecule has 22 heavy (non-hydrogen) atoms. The fourth-order valence-electron chi connectivity index (χ4n) is 3.94. The number of hydrogen-bond donors (Lipinski definition) is 2. The molecule has 2 N–H and O–H groups in total. The Morgan fingerprint density at radius 3 is 2.77 bits per heavy atom. The zero-order chi connectivity index (χ0) is 15.4. The molecule has 0 aromatic heterocycles. The van der Waals surface area contributed by atoms with Crippen LogP contribution in [0, 0.1) is 5.92 Å². The van der Waals surface area contributed by atoms with Crippen LogP contribution in [-0.2, 0) is 6.42 Å². The number of rotatable bonds is 5. The molecule has 122 valence electrons. The lowest BCUT2D eigenvalue weighted by molar-refractivity contribution is 0.0819. The molecule has 0 bridgehead atoms. The molecule has 1 aliphatic carbocycles. The van der Waals surface area contributed by atoms with Crippen molar-refractivity contribution in [2.24, 2.45) is 5.92 Å². The minimum Gasteiger partial charge on any atom is -0.393 e. The number of aryl methyl sites for hydroxylation is 1. The maximum absolute atomic E-state index is 9.55. The fourth-order valence-corrected chi connectivity index (χ4v) is 3.94. The highest BCUT2D eigenvalue weighted by molar-refractivity contribution is 5.32. The molecule has 0 spiro atoms. The standard InChI is InChI=1S/C19H30N2O/c1-15-7-8-16-5-2-3-6-18(16)19(15)20-11-4-12-21-13-9-17(22)10-14-21/h2-3,5-6,15,17,19-20,22H,4,7-14H2,1H3/t15-,19-/m1/s1. The molecular formula is C19H30N2O. The predicted octanol–water partition coefficient (Wildman–Crippen LogP) is 2.75. The van der Waals surface area contributed by atoms with Crippen LogP contribution >= 0.6 is 0 Å². The van der Waals surface area contributed by atoms with E-state index in [1.807, 2.05) is 0 Å². The first kappa shape index (κ1) is 16.0. The molecule has 3 rings (SSSR count). The Balaban J connectivity index is 1.45. The molecular weight excluding hydrogens is 272 g/mol. The SMILES string of the molecule is C[C@@H]1CCc2ccccc2[C@@H]1NCCCN1CCC(O)CC1. The lowest BCUT2D eigenvalue weighted by Gasteiger charge is -2.33. The summed E-state index contributed by atoms with van der Waals surface area (Å²) >= 11 is 0. The van der Waals surface area contributed by atoms with Crippen molar-refractivity contribution in [1.29, 1.82) is 0 Å². The molecule has 2 atom stereocenters. The number of benzene rings is 1. The van der Waals surface area contributed by atoms with Gasteiger partial charge in [-0.1, -0.05) is 31.2 Å². The van der Waals surface area contributed by atoms with Crippen LogP contribution in [0.15, 0.2) is 24.3 Å². The summed E-state index contributed by atoms with van der Waals surface area (Å²) in [4.78, 5) is 2.49. The van der Waals surface area contributed by atoms with Crippen LogP contribution in [0.3, 0.4) is 0 Å². The van der Waals surface area contributed by atoms with Crippen molar-refractivity contribution >= 4 is 0 Å². The summed E-state index contributed by atoms with van der Waals surface area (Å²) in [5, 5.41) is 13.4. The van der Waals surface area contributed by atoms with Gasteiger partial charge in [-0.05, 0) is 62.2 Å². The van der Waals surface area contributed by atoms with E-state index in [-0.39, 0.29) is 6.10 Å². The summed E-state index contributed by atoms with van der Waals surface area (Å²) in [5.74, 6) is 0.722. The van der Waals surface area contributed by atoms with E-state index in [0.29, 0.717) is 6.04 Å². The highest BCUT2D eigenvalue weighted by Gasteiger charge is 2.25. The van der Waals surface area contributed by atoms with Gasteiger partial charge < -0.3 is 15.3 Å². The van der Waals surface area contributed by atoms with Crippen LogP contribution in [0.4, 0.5) is 0 Å². The Kier molecular flexibility index (Phi) is 5.51. The minimum absolute atomic E-state index is 0.0611. The van der Waals surface area contributed by atoms with Crippen LogP contribution in [0.25, 0.3) is 0 Å². The summed E-state index contributed by atoms with van der Waals surface area (Å²) < 4.78 is 0. The molecule has 2 aliphatic rings. The van der Waals surface area contributed by atoms with Crippen molar-refractivity contribution in [1.82, 2.24) is 10.2 Å². The van der Waals surface area contributed by atoms with Gasteiger partial charge in [0, 0.05) is 19.1 Å². The lowest BCUT2D eigenvalue weighted by Crippen LogP contribution is -2.38. The van der Waals surface area contributed by atoms with Crippen molar-refractivity contribution in [2.75, 3.05) is 26.2 Å². The molecule has 1 aromatic rings. The molecule has 3 nitrogen and oxygen atoms in total. The first-order valence-corrected chi connectivity index (χ1v) is 8.95. The van der Waals surface area contributed by atoms with Gasteiger partial charge in [0.15, 0.2) is 0 Å². The average Bonchev–Trinajstić information content (AvgIpc) is 2.55. The summed E-state index contributed by atoms with van der Waals surface area (Å²) in [6.45, 7) is 6.73. The topological polar surface area (TPSA) is 35.5 Å². The molecule has 1 aromatic carbocycles. The van der Waals surface area contributed by atoms with E-state index in [1.165, 1.54) is 30.4 Å². The number of fused-ring (bicyclic) bond motifs is 1. The highest BCUT2D eigenvalue weighted by atomic mass is 16.3. The van der Waals surface area contributed by atoms with Gasteiger partial charge >= 0.3 is 0 Å². The van der Waals surface area contributed by atoms with Crippen molar-refractivity contribution in [3.05, 3.63) is 35.4 Å². The summed E-state index contributed by atoms with van der Waals surface area (Å²) in [6.07, 6.45) is 5.54. The maximum Gasteiger partial charge on any atom is 0.0564 e. The number of hydrogen-bond acceptors (Lipinski definition) is 3. The normalized spacial score (nSPS) is 26.8. The number of aliphatic hydroxyl groups is 1. The van der Waals surface area contributed by atoms with E-state index in [2.05, 4.69) is 41.4 Å². The van der Waals surface area contributed by atoms with Crippen LogP contribution in [0.5, 0.6) is 0 Å². The smallest absolute Gasteiger partial charge is 0.0564 e. The van der Waals surface area contributed by atoms with Gasteiger partial charge in [0.05, 0.1) is 6.10 Å². The number of piperidine rings is 1. The minimum atomic E-state index is -0.0611. The number of likely N-dealkylation sites (tertiary alicyclic amines) is 1. The van der Waals surface area contributed by atoms with Gasteiger partial charge in [0.2, 0.25) is 0 Å². The molecule has 0 saturated carbocycles. The van der Waals surface area contributed by atoms with Crippen LogP contribution < -0.4 is 5.32 Å². The first-order valence-electron chi connectivity index (χ1n) is 8.95. The molecule has 0 radical (unpaired) electrons. The van der Waals surface area contributed by atoms with Crippen LogP contribution in [0.1, 0.15) is 49.8 Å². The van der Waals surface area contributed by atoms with Crippen molar-refractivity contribution < 1.29 is 5.11 Å². The van der Waals surface area contributed by atoms with Gasteiger partial charge in [0.25, 0.3) is 0 Å². The Hall–Kier alpha value is -0.900. The third-order valence-corrected chi connectivity index (χ3v) is 5.40. The summed E-state index contributed by atoms with van der Waals surface area (Å²) in [6, 6.07) is 9.44. The average molecular weight is 302 g/mol. The number of aliphatic hydroxyl groups excluding tert-OH is 1. The molecule has 1 fully saturated rings. The second kappa shape index (κ2) is 7.58. The van der Waals surface area contributed by atoms with Gasteiger partial charge in [-0.3, -0.25) is 0 Å². The number of nitrogens with one attached hydrogen (secondary N) is 1. The van der Waals surface area contributed by atoms with Crippen molar-refractivity contribution in [3.63, 3.8) is 0 Å². The molecule has 1 aliphatic heterocycles. The molecule has 0 unspecified atom stereocenters. The predicted molar refractivity (Wildman–Crippen MR) is 91.0 cm³/mol. The Morgan fingerprint density at radius 1 is 1.18 bits per heavy atom. The summed E-state index contributed by atoms with van der Waals surface area (Å²) in [5.41, 5.74) is 3.05. The van der Waals surface area contributed by atoms with Gasteiger partial charge in [-0.15, -0.1) is 0 Å². The first-order chi connectivity index (χ1) is 10.7. The van der Waals surface area contributed by atoms with E-state index in [1.54, 1.807) is 0 Å². The fraction of sp³-hybridized carbons (Fsp3) is 0.684. The number of nitrogens with zero attached hydrogens (tertiary/aromatic N) is 1. The van der Waals surface area contributed by atoms with E-state index >= 15 is 0 Å². The summed E-state index contributed by atoms with van der Waals surface area (Å²) in [7, 11) is 0. The van der Waals surface area contributed by atoms with Crippen LogP contribution in [-0.4, -0.2) is 42.3 Å². The van der Waals surface area contributed by atoms with Gasteiger partial charge in [0.1, 0.15) is 0 Å². The van der Waals surface area contributed by atoms with Crippen molar-refractivity contribution in [3.8, 4) is 0 Å². The Morgan fingerprint density at radius 2 is 1.95 bits per heavy atom. The third kappa shape index (κ3) is 3.89. The van der Waals surface area contributed by atoms with Crippen LogP contribution in [0.2, 0.25) is 0 Å². The molecule has 1 saturated heterocycles. The Bertz CT molecular complexity index is 468. The third-order valence-electron chi connectivity index (χ3n) is 5.40. The second-order valence-electron chi connectivity index (χ2n) is 7.07. The van der Waals surface area contributed by atoms with Gasteiger partial charge in [-0.2, -0.15) is 0 Å². The van der Waals surface area contributed by atoms with E-state index in [9.17, 15) is 5.11 Å². The second-order valence-corrected chi connectivity index (χ2v) is 7.07. The largest absolute Gasteiger partial charge is 0.393 e. The van der Waals surface area contributed by atoms with E-state index in [4.69, 9.17) is 0 Å². The Labute approximate surface area is 134 Å². The molecule has 0 amide bonds. The van der Waals surface area contributed by atoms with E-state index in [0.717, 1.165) is 44.9 Å². The molecule has 3 heteroatoms. The zero-order valence-corrected chi connectivity index (χ0v) is 13.8.